The molecule has 1 atom stereocenters. The van der Waals surface area contributed by atoms with Crippen molar-refractivity contribution in [3.8, 4) is 5.75 Å². The highest BCUT2D eigenvalue weighted by Crippen LogP contribution is 2.33. The number of rotatable bonds is 11. The molecule has 0 fully saturated rings. The van der Waals surface area contributed by atoms with Crippen LogP contribution >= 0.6 is 11.6 Å². The molecule has 1 aliphatic heterocycles. The van der Waals surface area contributed by atoms with Crippen molar-refractivity contribution in [2.75, 3.05) is 19.6 Å². The van der Waals surface area contributed by atoms with Gasteiger partial charge in [0, 0.05) is 36.7 Å². The van der Waals surface area contributed by atoms with E-state index in [-0.39, 0.29) is 18.2 Å². The Kier molecular flexibility index (Phi) is 10.2. The zero-order valence-corrected chi connectivity index (χ0v) is 24.7. The third-order valence-electron chi connectivity index (χ3n) is 7.40. The van der Waals surface area contributed by atoms with Gasteiger partial charge in [0.05, 0.1) is 6.42 Å². The molecule has 1 unspecified atom stereocenters. The van der Waals surface area contributed by atoms with Crippen molar-refractivity contribution in [1.29, 1.82) is 0 Å². The third kappa shape index (κ3) is 7.64. The lowest BCUT2D eigenvalue weighted by molar-refractivity contribution is -0.141. The number of carbonyl (C=O) groups excluding carboxylic acids is 2. The number of nitrogens with zero attached hydrogens (tertiary/aromatic N) is 2. The predicted octanol–water partition coefficient (Wildman–Crippen LogP) is 5.82. The molecule has 0 bridgehead atoms. The van der Waals surface area contributed by atoms with Crippen molar-refractivity contribution >= 4 is 23.4 Å². The van der Waals surface area contributed by atoms with Gasteiger partial charge in [-0.25, -0.2) is 0 Å². The van der Waals surface area contributed by atoms with E-state index in [1.165, 1.54) is 0 Å². The molecule has 0 aromatic heterocycles. The van der Waals surface area contributed by atoms with E-state index in [1.54, 1.807) is 17.0 Å². The summed E-state index contributed by atoms with van der Waals surface area (Å²) >= 11 is 6.16. The molecule has 40 heavy (non-hydrogen) atoms. The number of amides is 2. The number of benzene rings is 3. The summed E-state index contributed by atoms with van der Waals surface area (Å²) in [5, 5.41) is 3.72. The standard InChI is InChI=1S/C33H40ClN3O3/c1-23(2)36(24(3)4)18-16-35-33(39)32-30-14-13-29(40-22-25-9-6-5-7-10-25)21-27(30)15-17-37(32)31(38)20-26-11-8-12-28(34)19-26/h5-14,19,21,23-24,32H,15-18,20,22H2,1-4H3,(H,35,39). The van der Waals surface area contributed by atoms with Crippen molar-refractivity contribution in [1.82, 2.24) is 15.1 Å². The second-order valence-electron chi connectivity index (χ2n) is 10.9. The number of halogens is 1. The second kappa shape index (κ2) is 13.8. The summed E-state index contributed by atoms with van der Waals surface area (Å²) in [4.78, 5) is 31.3. The van der Waals surface area contributed by atoms with Crippen molar-refractivity contribution in [2.24, 2.45) is 0 Å². The van der Waals surface area contributed by atoms with Crippen LogP contribution < -0.4 is 10.1 Å². The van der Waals surface area contributed by atoms with Crippen LogP contribution in [0.3, 0.4) is 0 Å². The van der Waals surface area contributed by atoms with E-state index < -0.39 is 6.04 Å². The molecule has 1 N–H and O–H groups in total. The van der Waals surface area contributed by atoms with Gasteiger partial charge in [0.2, 0.25) is 11.8 Å². The molecular weight excluding hydrogens is 522 g/mol. The largest absolute Gasteiger partial charge is 0.489 e. The Bertz CT molecular complexity index is 1290. The van der Waals surface area contributed by atoms with Crippen molar-refractivity contribution in [3.05, 3.63) is 100 Å². The Morgan fingerprint density at radius 1 is 0.975 bits per heavy atom. The summed E-state index contributed by atoms with van der Waals surface area (Å²) in [6.45, 7) is 10.8. The lowest BCUT2D eigenvalue weighted by Gasteiger charge is -2.37. The zero-order valence-electron chi connectivity index (χ0n) is 23.9. The first kappa shape index (κ1) is 29.6. The minimum atomic E-state index is -0.704. The smallest absolute Gasteiger partial charge is 0.247 e. The molecule has 0 spiro atoms. The fraction of sp³-hybridized carbons (Fsp3) is 0.394. The average molecular weight is 562 g/mol. The Hall–Kier alpha value is -3.35. The van der Waals surface area contributed by atoms with E-state index in [4.69, 9.17) is 16.3 Å². The van der Waals surface area contributed by atoms with Gasteiger partial charge >= 0.3 is 0 Å². The van der Waals surface area contributed by atoms with Gasteiger partial charge in [-0.3, -0.25) is 14.5 Å². The molecule has 0 saturated carbocycles. The van der Waals surface area contributed by atoms with Gasteiger partial charge in [-0.05, 0) is 80.6 Å². The summed E-state index contributed by atoms with van der Waals surface area (Å²) < 4.78 is 6.06. The maximum Gasteiger partial charge on any atom is 0.247 e. The Morgan fingerprint density at radius 3 is 2.40 bits per heavy atom. The number of hydrogen-bond acceptors (Lipinski definition) is 4. The van der Waals surface area contributed by atoms with Crippen LogP contribution in [0.2, 0.25) is 5.02 Å². The molecule has 0 aliphatic carbocycles. The molecule has 1 aliphatic rings. The summed E-state index contributed by atoms with van der Waals surface area (Å²) in [6.07, 6.45) is 0.837. The van der Waals surface area contributed by atoms with Crippen molar-refractivity contribution in [2.45, 2.75) is 65.3 Å². The highest BCUT2D eigenvalue weighted by molar-refractivity contribution is 6.30. The van der Waals surface area contributed by atoms with Crippen LogP contribution in [0.5, 0.6) is 5.75 Å². The molecule has 7 heteroatoms. The summed E-state index contributed by atoms with van der Waals surface area (Å²) in [5.41, 5.74) is 3.80. The maximum atomic E-state index is 13.7. The van der Waals surface area contributed by atoms with E-state index in [9.17, 15) is 9.59 Å². The van der Waals surface area contributed by atoms with Gasteiger partial charge in [-0.1, -0.05) is 60.1 Å². The van der Waals surface area contributed by atoms with Gasteiger partial charge in [0.1, 0.15) is 18.4 Å². The zero-order chi connectivity index (χ0) is 28.6. The predicted molar refractivity (Wildman–Crippen MR) is 161 cm³/mol. The molecular formula is C33H40ClN3O3. The van der Waals surface area contributed by atoms with Crippen LogP contribution in [-0.2, 0) is 29.0 Å². The van der Waals surface area contributed by atoms with Crippen LogP contribution in [0, 0.1) is 0 Å². The normalized spacial score (nSPS) is 14.9. The van der Waals surface area contributed by atoms with Crippen LogP contribution in [0.25, 0.3) is 0 Å². The van der Waals surface area contributed by atoms with Crippen molar-refractivity contribution in [3.63, 3.8) is 0 Å². The monoisotopic (exact) mass is 561 g/mol. The van der Waals surface area contributed by atoms with Gasteiger partial charge in [-0.2, -0.15) is 0 Å². The minimum Gasteiger partial charge on any atom is -0.489 e. The molecule has 0 radical (unpaired) electrons. The Morgan fingerprint density at radius 2 is 1.70 bits per heavy atom. The fourth-order valence-corrected chi connectivity index (χ4v) is 5.64. The average Bonchev–Trinajstić information content (AvgIpc) is 2.93. The molecule has 3 aromatic rings. The van der Waals surface area contributed by atoms with E-state index in [0.717, 1.165) is 34.5 Å². The topological polar surface area (TPSA) is 61.9 Å². The van der Waals surface area contributed by atoms with Gasteiger partial charge < -0.3 is 15.0 Å². The van der Waals surface area contributed by atoms with Crippen LogP contribution in [0.1, 0.15) is 56.0 Å². The minimum absolute atomic E-state index is 0.0940. The highest BCUT2D eigenvalue weighted by atomic mass is 35.5. The number of carbonyl (C=O) groups is 2. The maximum absolute atomic E-state index is 13.7. The fourth-order valence-electron chi connectivity index (χ4n) is 5.43. The van der Waals surface area contributed by atoms with Crippen LogP contribution in [0.15, 0.2) is 72.8 Å². The molecule has 0 saturated heterocycles. The Balaban J connectivity index is 1.54. The lowest BCUT2D eigenvalue weighted by Crippen LogP contribution is -2.49. The first-order chi connectivity index (χ1) is 19.2. The molecule has 212 valence electrons. The quantitative estimate of drug-likeness (QED) is 0.320. The van der Waals surface area contributed by atoms with Crippen LogP contribution in [0.4, 0.5) is 0 Å². The Labute approximate surface area is 243 Å². The van der Waals surface area contributed by atoms with E-state index in [1.807, 2.05) is 60.7 Å². The van der Waals surface area contributed by atoms with Gasteiger partial charge in [-0.15, -0.1) is 0 Å². The summed E-state index contributed by atoms with van der Waals surface area (Å²) in [7, 11) is 0. The summed E-state index contributed by atoms with van der Waals surface area (Å²) in [5.74, 6) is 0.499. The lowest BCUT2D eigenvalue weighted by atomic mass is 9.91. The number of hydrogen-bond donors (Lipinski definition) is 1. The first-order valence-electron chi connectivity index (χ1n) is 14.1. The SMILES string of the molecule is CC(C)N(CCNC(=O)C1c2ccc(OCc3ccccc3)cc2CCN1C(=O)Cc1cccc(Cl)c1)C(C)C. The van der Waals surface area contributed by atoms with E-state index in [0.29, 0.717) is 43.2 Å². The summed E-state index contributed by atoms with van der Waals surface area (Å²) in [6, 6.07) is 23.2. The third-order valence-corrected chi connectivity index (χ3v) is 7.64. The second-order valence-corrected chi connectivity index (χ2v) is 11.3. The molecule has 3 aromatic carbocycles. The van der Waals surface area contributed by atoms with Crippen LogP contribution in [-0.4, -0.2) is 53.3 Å². The van der Waals surface area contributed by atoms with Crippen molar-refractivity contribution < 1.29 is 14.3 Å². The molecule has 1 heterocycles. The number of fused-ring (bicyclic) bond motifs is 1. The molecule has 4 rings (SSSR count). The van der Waals surface area contributed by atoms with E-state index >= 15 is 0 Å². The van der Waals surface area contributed by atoms with Gasteiger partial charge in [0.25, 0.3) is 0 Å². The number of ether oxygens (including phenoxy) is 1. The molecule has 6 nitrogen and oxygen atoms in total. The highest BCUT2D eigenvalue weighted by Gasteiger charge is 2.36. The number of nitrogens with one attached hydrogen (secondary N) is 1. The molecule has 2 amide bonds. The van der Waals surface area contributed by atoms with Gasteiger partial charge in [0.15, 0.2) is 0 Å². The van der Waals surface area contributed by atoms with E-state index in [2.05, 4.69) is 37.9 Å². The first-order valence-corrected chi connectivity index (χ1v) is 14.5.